The van der Waals surface area contributed by atoms with E-state index in [1.54, 1.807) is 24.3 Å². The summed E-state index contributed by atoms with van der Waals surface area (Å²) < 4.78 is 19.8. The van der Waals surface area contributed by atoms with Gasteiger partial charge in [-0.2, -0.15) is 0 Å². The molecule has 0 aliphatic rings. The highest BCUT2D eigenvalue weighted by molar-refractivity contribution is 14.1. The molecular weight excluding hydrogens is 406 g/mol. The number of aromatic carboxylic acids is 1. The maximum absolute atomic E-state index is 13.4. The highest BCUT2D eigenvalue weighted by Crippen LogP contribution is 2.24. The van der Waals surface area contributed by atoms with Crippen molar-refractivity contribution in [2.24, 2.45) is 0 Å². The molecule has 2 rings (SSSR count). The second kappa shape index (κ2) is 7.65. The van der Waals surface area contributed by atoms with Crippen LogP contribution in [0.1, 0.15) is 10.4 Å². The van der Waals surface area contributed by atoms with Crippen molar-refractivity contribution < 1.29 is 19.0 Å². The van der Waals surface area contributed by atoms with Gasteiger partial charge in [-0.15, -0.1) is 11.8 Å². The summed E-state index contributed by atoms with van der Waals surface area (Å²) in [6.07, 6.45) is 0. The maximum atomic E-state index is 13.4. The number of rotatable bonds is 6. The first-order valence-corrected chi connectivity index (χ1v) is 8.17. The summed E-state index contributed by atoms with van der Waals surface area (Å²) in [5.74, 6) is -0.125. The molecule has 0 saturated carbocycles. The average molecular weight is 418 g/mol. The zero-order chi connectivity index (χ0) is 15.2. The van der Waals surface area contributed by atoms with Gasteiger partial charge in [0.15, 0.2) is 0 Å². The van der Waals surface area contributed by atoms with E-state index in [2.05, 4.69) is 22.6 Å². The van der Waals surface area contributed by atoms with Gasteiger partial charge in [0.1, 0.15) is 11.6 Å². The highest BCUT2D eigenvalue weighted by atomic mass is 127. The van der Waals surface area contributed by atoms with Gasteiger partial charge in [0.05, 0.1) is 15.7 Å². The first kappa shape index (κ1) is 16.1. The predicted octanol–water partition coefficient (Wildman–Crippen LogP) is 4.30. The number of thioether (sulfide) groups is 1. The molecule has 0 saturated heterocycles. The number of carboxylic acids is 1. The van der Waals surface area contributed by atoms with E-state index < -0.39 is 5.97 Å². The van der Waals surface area contributed by atoms with Crippen molar-refractivity contribution in [2.75, 3.05) is 12.4 Å². The second-order valence-corrected chi connectivity index (χ2v) is 6.38. The molecule has 1 N–H and O–H groups in total. The lowest BCUT2D eigenvalue weighted by Gasteiger charge is -2.09. The molecule has 0 bridgehead atoms. The van der Waals surface area contributed by atoms with Crippen LogP contribution in [0.15, 0.2) is 47.4 Å². The van der Waals surface area contributed by atoms with E-state index in [-0.39, 0.29) is 11.4 Å². The fourth-order valence-electron chi connectivity index (χ4n) is 1.61. The highest BCUT2D eigenvalue weighted by Gasteiger charge is 2.08. The lowest BCUT2D eigenvalue weighted by molar-refractivity contribution is 0.0696. The van der Waals surface area contributed by atoms with Crippen molar-refractivity contribution in [1.29, 1.82) is 0 Å². The molecular formula is C15H12FIO3S. The third-order valence-corrected chi connectivity index (χ3v) is 4.52. The largest absolute Gasteiger partial charge is 0.492 e. The molecule has 0 aromatic heterocycles. The molecule has 110 valence electrons. The number of hydrogen-bond acceptors (Lipinski definition) is 3. The monoisotopic (exact) mass is 418 g/mol. The van der Waals surface area contributed by atoms with E-state index in [1.165, 1.54) is 30.0 Å². The van der Waals surface area contributed by atoms with Crippen LogP contribution in [0.3, 0.4) is 0 Å². The van der Waals surface area contributed by atoms with E-state index in [0.717, 1.165) is 3.57 Å². The van der Waals surface area contributed by atoms with Crippen molar-refractivity contribution >= 4 is 40.3 Å². The van der Waals surface area contributed by atoms with Crippen LogP contribution in [0.5, 0.6) is 5.75 Å². The second-order valence-electron chi connectivity index (χ2n) is 4.08. The van der Waals surface area contributed by atoms with Crippen molar-refractivity contribution in [1.82, 2.24) is 0 Å². The Balaban J connectivity index is 1.90. The first-order valence-electron chi connectivity index (χ1n) is 6.11. The summed E-state index contributed by atoms with van der Waals surface area (Å²) >= 11 is 3.45. The van der Waals surface area contributed by atoms with Crippen molar-refractivity contribution in [3.8, 4) is 5.75 Å². The molecule has 0 spiro atoms. The number of ether oxygens (including phenoxy) is 1. The molecule has 21 heavy (non-hydrogen) atoms. The van der Waals surface area contributed by atoms with Crippen molar-refractivity contribution in [3.05, 3.63) is 57.4 Å². The van der Waals surface area contributed by atoms with Crippen LogP contribution in [-0.2, 0) is 0 Å². The Kier molecular flexibility index (Phi) is 5.86. The van der Waals surface area contributed by atoms with Crippen LogP contribution in [0.4, 0.5) is 4.39 Å². The van der Waals surface area contributed by atoms with Gasteiger partial charge in [-0.05, 0) is 52.9 Å². The molecule has 0 fully saturated rings. The Hall–Kier alpha value is -1.28. The van der Waals surface area contributed by atoms with E-state index in [4.69, 9.17) is 9.84 Å². The standard InChI is InChI=1S/C15H12FIO3S/c16-11-3-1-2-4-14(11)21-8-7-20-13-9-10(15(18)19)5-6-12(13)17/h1-6,9H,7-8H2,(H,18,19). The maximum Gasteiger partial charge on any atom is 0.335 e. The molecule has 0 radical (unpaired) electrons. The SMILES string of the molecule is O=C(O)c1ccc(I)c(OCCSc2ccccc2F)c1. The van der Waals surface area contributed by atoms with E-state index in [9.17, 15) is 9.18 Å². The number of hydrogen-bond donors (Lipinski definition) is 1. The Morgan fingerprint density at radius 2 is 2.05 bits per heavy atom. The zero-order valence-electron chi connectivity index (χ0n) is 10.9. The summed E-state index contributed by atoms with van der Waals surface area (Å²) in [5, 5.41) is 8.95. The molecule has 2 aromatic rings. The van der Waals surface area contributed by atoms with Crippen molar-refractivity contribution in [2.45, 2.75) is 4.90 Å². The number of carbonyl (C=O) groups is 1. The predicted molar refractivity (Wildman–Crippen MR) is 88.7 cm³/mol. The topological polar surface area (TPSA) is 46.5 Å². The Bertz CT molecular complexity index is 649. The van der Waals surface area contributed by atoms with Crippen LogP contribution in [0.2, 0.25) is 0 Å². The molecule has 0 amide bonds. The number of carboxylic acid groups (broad SMARTS) is 1. The summed E-state index contributed by atoms with van der Waals surface area (Å²) in [6.45, 7) is 0.373. The quantitative estimate of drug-likeness (QED) is 0.432. The minimum atomic E-state index is -0.989. The van der Waals surface area contributed by atoms with Crippen LogP contribution in [0, 0.1) is 9.39 Å². The normalized spacial score (nSPS) is 10.4. The minimum absolute atomic E-state index is 0.187. The van der Waals surface area contributed by atoms with Crippen LogP contribution < -0.4 is 4.74 Å². The minimum Gasteiger partial charge on any atom is -0.492 e. The fourth-order valence-corrected chi connectivity index (χ4v) is 2.87. The van der Waals surface area contributed by atoms with Gasteiger partial charge in [0.2, 0.25) is 0 Å². The third kappa shape index (κ3) is 4.60. The van der Waals surface area contributed by atoms with Crippen LogP contribution in [-0.4, -0.2) is 23.4 Å². The Morgan fingerprint density at radius 1 is 1.29 bits per heavy atom. The molecule has 0 atom stereocenters. The Morgan fingerprint density at radius 3 is 2.76 bits per heavy atom. The number of benzene rings is 2. The molecule has 6 heteroatoms. The van der Waals surface area contributed by atoms with Gasteiger partial charge in [-0.3, -0.25) is 0 Å². The van der Waals surface area contributed by atoms with Crippen LogP contribution in [0.25, 0.3) is 0 Å². The molecule has 0 heterocycles. The summed E-state index contributed by atoms with van der Waals surface area (Å²) in [7, 11) is 0. The van der Waals surface area contributed by atoms with Gasteiger partial charge in [-0.25, -0.2) is 9.18 Å². The van der Waals surface area contributed by atoms with Gasteiger partial charge in [0.25, 0.3) is 0 Å². The van der Waals surface area contributed by atoms with Crippen LogP contribution >= 0.6 is 34.4 Å². The van der Waals surface area contributed by atoms with Gasteiger partial charge >= 0.3 is 5.97 Å². The van der Waals surface area contributed by atoms with Crippen molar-refractivity contribution in [3.63, 3.8) is 0 Å². The molecule has 0 aliphatic carbocycles. The summed E-state index contributed by atoms with van der Waals surface area (Å²) in [5.41, 5.74) is 0.187. The average Bonchev–Trinajstić information content (AvgIpc) is 2.46. The van der Waals surface area contributed by atoms with E-state index in [1.807, 2.05) is 0 Å². The van der Waals surface area contributed by atoms with E-state index in [0.29, 0.717) is 23.0 Å². The third-order valence-electron chi connectivity index (χ3n) is 2.61. The number of halogens is 2. The molecule has 0 unspecified atom stereocenters. The molecule has 2 aromatic carbocycles. The van der Waals surface area contributed by atoms with Gasteiger partial charge in [-0.1, -0.05) is 12.1 Å². The van der Waals surface area contributed by atoms with Gasteiger partial charge < -0.3 is 9.84 Å². The molecule has 0 aliphatic heterocycles. The summed E-state index contributed by atoms with van der Waals surface area (Å²) in [4.78, 5) is 11.5. The lowest BCUT2D eigenvalue weighted by atomic mass is 10.2. The van der Waals surface area contributed by atoms with Gasteiger partial charge in [0, 0.05) is 10.6 Å². The lowest BCUT2D eigenvalue weighted by Crippen LogP contribution is -2.04. The Labute approximate surface area is 139 Å². The zero-order valence-corrected chi connectivity index (χ0v) is 13.9. The van der Waals surface area contributed by atoms with E-state index >= 15 is 0 Å². The first-order chi connectivity index (χ1) is 10.1. The summed E-state index contributed by atoms with van der Waals surface area (Å²) in [6, 6.07) is 11.3. The smallest absolute Gasteiger partial charge is 0.335 e. The molecule has 3 nitrogen and oxygen atoms in total. The fraction of sp³-hybridized carbons (Fsp3) is 0.133.